The first kappa shape index (κ1) is 17.7. The van der Waals surface area contributed by atoms with E-state index in [2.05, 4.69) is 65.2 Å². The smallest absolute Gasteiger partial charge is 0.0486 e. The van der Waals surface area contributed by atoms with Gasteiger partial charge in [-0.2, -0.15) is 0 Å². The average Bonchev–Trinajstić information content (AvgIpc) is 2.58. The van der Waals surface area contributed by atoms with Crippen molar-refractivity contribution >= 4 is 0 Å². The molecular formula is C20H31N. The van der Waals surface area contributed by atoms with Gasteiger partial charge in [0.05, 0.1) is 0 Å². The Balaban J connectivity index is 2.79. The standard InChI is InChI=1S/C20H31N/c1-14(2)7-8-18-9-11-19(20(21)12-10-18)17(6)13-16(5)15(3)4/h9-12,15-16,20H,1,6-8,13,21H2,2-5H3. The predicted octanol–water partition coefficient (Wildman–Crippen LogP) is 5.33. The molecule has 1 aliphatic rings. The zero-order chi connectivity index (χ0) is 16.0. The number of hydrogen-bond acceptors (Lipinski definition) is 1. The van der Waals surface area contributed by atoms with Crippen molar-refractivity contribution in [3.05, 3.63) is 59.8 Å². The first-order valence-electron chi connectivity index (χ1n) is 7.98. The average molecular weight is 285 g/mol. The van der Waals surface area contributed by atoms with E-state index in [9.17, 15) is 0 Å². The van der Waals surface area contributed by atoms with Gasteiger partial charge in [0, 0.05) is 6.04 Å². The second-order valence-electron chi connectivity index (χ2n) is 6.73. The molecule has 1 nitrogen and oxygen atoms in total. The Morgan fingerprint density at radius 2 is 1.90 bits per heavy atom. The van der Waals surface area contributed by atoms with Crippen molar-refractivity contribution in [2.75, 3.05) is 0 Å². The highest BCUT2D eigenvalue weighted by Crippen LogP contribution is 2.26. The Kier molecular flexibility index (Phi) is 6.91. The lowest BCUT2D eigenvalue weighted by atomic mass is 9.87. The van der Waals surface area contributed by atoms with Crippen LogP contribution in [0.3, 0.4) is 0 Å². The lowest BCUT2D eigenvalue weighted by Gasteiger charge is -2.20. The molecule has 0 aliphatic heterocycles. The molecule has 0 spiro atoms. The van der Waals surface area contributed by atoms with E-state index in [0.717, 1.165) is 19.3 Å². The molecule has 0 saturated heterocycles. The van der Waals surface area contributed by atoms with Crippen molar-refractivity contribution in [1.29, 1.82) is 0 Å². The summed E-state index contributed by atoms with van der Waals surface area (Å²) in [6.07, 6.45) is 11.7. The minimum absolute atomic E-state index is 0.0459. The quantitative estimate of drug-likeness (QED) is 0.628. The number of rotatable bonds is 7. The maximum Gasteiger partial charge on any atom is 0.0486 e. The Hall–Kier alpha value is -1.34. The van der Waals surface area contributed by atoms with E-state index in [-0.39, 0.29) is 6.04 Å². The summed E-state index contributed by atoms with van der Waals surface area (Å²) in [5.74, 6) is 1.30. The number of hydrogen-bond donors (Lipinski definition) is 1. The molecule has 0 aromatic heterocycles. The van der Waals surface area contributed by atoms with Crippen molar-refractivity contribution in [2.45, 2.75) is 53.0 Å². The van der Waals surface area contributed by atoms with E-state index in [1.54, 1.807) is 0 Å². The topological polar surface area (TPSA) is 26.0 Å². The van der Waals surface area contributed by atoms with Gasteiger partial charge < -0.3 is 5.73 Å². The molecule has 116 valence electrons. The molecule has 1 aliphatic carbocycles. The molecule has 0 radical (unpaired) electrons. The molecule has 2 unspecified atom stereocenters. The summed E-state index contributed by atoms with van der Waals surface area (Å²) < 4.78 is 0. The summed E-state index contributed by atoms with van der Waals surface area (Å²) in [5.41, 5.74) is 11.2. The van der Waals surface area contributed by atoms with E-state index in [4.69, 9.17) is 5.73 Å². The van der Waals surface area contributed by atoms with Crippen molar-refractivity contribution in [3.63, 3.8) is 0 Å². The van der Waals surface area contributed by atoms with Crippen LogP contribution in [0.1, 0.15) is 47.0 Å². The fourth-order valence-electron chi connectivity index (χ4n) is 2.31. The molecule has 2 atom stereocenters. The molecule has 1 rings (SSSR count). The lowest BCUT2D eigenvalue weighted by Crippen LogP contribution is -2.21. The monoisotopic (exact) mass is 285 g/mol. The second kappa shape index (κ2) is 8.19. The van der Waals surface area contributed by atoms with E-state index in [1.807, 2.05) is 0 Å². The largest absolute Gasteiger partial charge is 0.321 e. The van der Waals surface area contributed by atoms with Gasteiger partial charge in [0.15, 0.2) is 0 Å². The molecule has 1 heteroatoms. The third-order valence-corrected chi connectivity index (χ3v) is 4.31. The normalized spacial score (nSPS) is 19.8. The highest BCUT2D eigenvalue weighted by atomic mass is 14.6. The van der Waals surface area contributed by atoms with Gasteiger partial charge >= 0.3 is 0 Å². The van der Waals surface area contributed by atoms with Gasteiger partial charge in [0.2, 0.25) is 0 Å². The molecule has 0 aromatic carbocycles. The number of allylic oxidation sites excluding steroid dienone is 5. The van der Waals surface area contributed by atoms with Gasteiger partial charge in [-0.1, -0.05) is 57.2 Å². The van der Waals surface area contributed by atoms with Gasteiger partial charge in [-0.3, -0.25) is 0 Å². The predicted molar refractivity (Wildman–Crippen MR) is 95.1 cm³/mol. The van der Waals surface area contributed by atoms with E-state index in [0.29, 0.717) is 11.8 Å². The van der Waals surface area contributed by atoms with Crippen LogP contribution in [-0.2, 0) is 0 Å². The first-order valence-corrected chi connectivity index (χ1v) is 7.98. The molecule has 0 bridgehead atoms. The zero-order valence-electron chi connectivity index (χ0n) is 14.2. The van der Waals surface area contributed by atoms with Crippen LogP contribution >= 0.6 is 0 Å². The van der Waals surface area contributed by atoms with Crippen LogP contribution in [0.25, 0.3) is 0 Å². The molecule has 0 fully saturated rings. The van der Waals surface area contributed by atoms with Crippen molar-refractivity contribution in [3.8, 4) is 0 Å². The molecule has 0 heterocycles. The summed E-state index contributed by atoms with van der Waals surface area (Å²) in [6.45, 7) is 17.1. The van der Waals surface area contributed by atoms with Crippen molar-refractivity contribution < 1.29 is 0 Å². The summed E-state index contributed by atoms with van der Waals surface area (Å²) in [6, 6.07) is -0.0459. The fourth-order valence-corrected chi connectivity index (χ4v) is 2.31. The van der Waals surface area contributed by atoms with Gasteiger partial charge in [-0.05, 0) is 54.7 Å². The Morgan fingerprint density at radius 3 is 2.48 bits per heavy atom. The molecular weight excluding hydrogens is 254 g/mol. The molecule has 2 N–H and O–H groups in total. The Bertz CT molecular complexity index is 474. The van der Waals surface area contributed by atoms with Crippen LogP contribution in [0.4, 0.5) is 0 Å². The van der Waals surface area contributed by atoms with Crippen molar-refractivity contribution in [1.82, 2.24) is 0 Å². The van der Waals surface area contributed by atoms with Gasteiger partial charge in [-0.15, -0.1) is 6.58 Å². The summed E-state index contributed by atoms with van der Waals surface area (Å²) in [4.78, 5) is 0. The first-order chi connectivity index (χ1) is 9.81. The summed E-state index contributed by atoms with van der Waals surface area (Å²) in [7, 11) is 0. The summed E-state index contributed by atoms with van der Waals surface area (Å²) >= 11 is 0. The third kappa shape index (κ3) is 5.89. The Labute approximate surface area is 131 Å². The SMILES string of the molecule is C=C(C)CCC1=CC=C(C(=C)CC(C)C(C)C)C(N)C=C1. The molecule has 0 amide bonds. The lowest BCUT2D eigenvalue weighted by molar-refractivity contribution is 0.417. The third-order valence-electron chi connectivity index (χ3n) is 4.31. The van der Waals surface area contributed by atoms with Crippen LogP contribution in [-0.4, -0.2) is 6.04 Å². The molecule has 0 aromatic rings. The van der Waals surface area contributed by atoms with E-state index >= 15 is 0 Å². The number of nitrogens with two attached hydrogens (primary N) is 1. The minimum atomic E-state index is -0.0459. The van der Waals surface area contributed by atoms with Crippen LogP contribution in [0, 0.1) is 11.8 Å². The van der Waals surface area contributed by atoms with Gasteiger partial charge in [0.25, 0.3) is 0 Å². The second-order valence-corrected chi connectivity index (χ2v) is 6.73. The van der Waals surface area contributed by atoms with Crippen LogP contribution in [0.2, 0.25) is 0 Å². The van der Waals surface area contributed by atoms with Crippen LogP contribution < -0.4 is 5.73 Å². The highest BCUT2D eigenvalue weighted by Gasteiger charge is 2.15. The zero-order valence-corrected chi connectivity index (χ0v) is 14.2. The molecule has 0 saturated carbocycles. The van der Waals surface area contributed by atoms with Gasteiger partial charge in [-0.25, -0.2) is 0 Å². The van der Waals surface area contributed by atoms with E-state index < -0.39 is 0 Å². The van der Waals surface area contributed by atoms with Crippen molar-refractivity contribution in [2.24, 2.45) is 17.6 Å². The maximum absolute atomic E-state index is 6.28. The minimum Gasteiger partial charge on any atom is -0.321 e. The van der Waals surface area contributed by atoms with E-state index in [1.165, 1.54) is 22.3 Å². The van der Waals surface area contributed by atoms with Gasteiger partial charge in [0.1, 0.15) is 0 Å². The van der Waals surface area contributed by atoms with Crippen LogP contribution in [0.15, 0.2) is 59.8 Å². The Morgan fingerprint density at radius 1 is 1.24 bits per heavy atom. The molecule has 21 heavy (non-hydrogen) atoms. The highest BCUT2D eigenvalue weighted by molar-refractivity contribution is 5.44. The maximum atomic E-state index is 6.28. The van der Waals surface area contributed by atoms with Crippen LogP contribution in [0.5, 0.6) is 0 Å². The fraction of sp³-hybridized carbons (Fsp3) is 0.500. The summed E-state index contributed by atoms with van der Waals surface area (Å²) in [5, 5.41) is 0.